The lowest BCUT2D eigenvalue weighted by molar-refractivity contribution is -0.384. The van der Waals surface area contributed by atoms with Crippen molar-refractivity contribution in [3.8, 4) is 0 Å². The van der Waals surface area contributed by atoms with E-state index in [1.54, 1.807) is 18.3 Å². The summed E-state index contributed by atoms with van der Waals surface area (Å²) in [5.74, 6) is 0. The molecule has 0 saturated carbocycles. The van der Waals surface area contributed by atoms with Gasteiger partial charge in [-0.15, -0.1) is 0 Å². The summed E-state index contributed by atoms with van der Waals surface area (Å²) in [6, 6.07) is 6.32. The standard InChI is InChI=1S/C15H19N5O3/c21-20(22)15-3-1-13(2-4-15)17-14-11-16-19(12-14)6-5-18-7-9-23-10-8-18/h1-4,11-12,17H,5-10H2. The van der Waals surface area contributed by atoms with E-state index < -0.39 is 4.92 Å². The molecule has 0 aliphatic carbocycles. The Hall–Kier alpha value is -2.45. The highest BCUT2D eigenvalue weighted by atomic mass is 16.6. The van der Waals surface area contributed by atoms with Crippen molar-refractivity contribution in [1.82, 2.24) is 14.7 Å². The zero-order valence-corrected chi connectivity index (χ0v) is 12.7. The Morgan fingerprint density at radius 1 is 1.17 bits per heavy atom. The molecule has 8 nitrogen and oxygen atoms in total. The van der Waals surface area contributed by atoms with Gasteiger partial charge in [-0.1, -0.05) is 0 Å². The minimum atomic E-state index is -0.409. The van der Waals surface area contributed by atoms with Crippen molar-refractivity contribution >= 4 is 17.1 Å². The van der Waals surface area contributed by atoms with E-state index in [-0.39, 0.29) is 5.69 Å². The van der Waals surface area contributed by atoms with Gasteiger partial charge in [-0.25, -0.2) is 0 Å². The van der Waals surface area contributed by atoms with Gasteiger partial charge in [-0.2, -0.15) is 5.10 Å². The molecule has 1 aliphatic heterocycles. The third-order valence-corrected chi connectivity index (χ3v) is 3.75. The van der Waals surface area contributed by atoms with Gasteiger partial charge in [0.25, 0.3) is 5.69 Å². The lowest BCUT2D eigenvalue weighted by atomic mass is 10.3. The molecule has 0 unspecified atom stereocenters. The van der Waals surface area contributed by atoms with E-state index in [0.717, 1.165) is 50.8 Å². The number of anilines is 2. The van der Waals surface area contributed by atoms with Crippen LogP contribution in [0.15, 0.2) is 36.7 Å². The first-order valence-corrected chi connectivity index (χ1v) is 7.55. The van der Waals surface area contributed by atoms with Gasteiger partial charge in [-0.3, -0.25) is 19.7 Å². The molecule has 1 aromatic carbocycles. The van der Waals surface area contributed by atoms with Crippen LogP contribution < -0.4 is 5.32 Å². The smallest absolute Gasteiger partial charge is 0.269 e. The van der Waals surface area contributed by atoms with E-state index in [0.29, 0.717) is 0 Å². The largest absolute Gasteiger partial charge is 0.379 e. The van der Waals surface area contributed by atoms with Crippen LogP contribution in [0.1, 0.15) is 0 Å². The summed E-state index contributed by atoms with van der Waals surface area (Å²) in [6.07, 6.45) is 3.68. The quantitative estimate of drug-likeness (QED) is 0.646. The van der Waals surface area contributed by atoms with Crippen molar-refractivity contribution in [3.63, 3.8) is 0 Å². The molecule has 0 bridgehead atoms. The number of nitro benzene ring substituents is 1. The van der Waals surface area contributed by atoms with Crippen LogP contribution in [0.5, 0.6) is 0 Å². The number of ether oxygens (including phenoxy) is 1. The first kappa shape index (κ1) is 15.4. The number of aromatic nitrogens is 2. The third kappa shape index (κ3) is 4.27. The fraction of sp³-hybridized carbons (Fsp3) is 0.400. The molecule has 0 spiro atoms. The summed E-state index contributed by atoms with van der Waals surface area (Å²) in [6.45, 7) is 5.30. The summed E-state index contributed by atoms with van der Waals surface area (Å²) in [5, 5.41) is 18.2. The van der Waals surface area contributed by atoms with E-state index in [1.165, 1.54) is 12.1 Å². The Balaban J connectivity index is 1.53. The van der Waals surface area contributed by atoms with Crippen LogP contribution in [0.3, 0.4) is 0 Å². The minimum absolute atomic E-state index is 0.0803. The van der Waals surface area contributed by atoms with E-state index in [4.69, 9.17) is 4.74 Å². The Bertz CT molecular complexity index is 649. The summed E-state index contributed by atoms with van der Waals surface area (Å²) in [7, 11) is 0. The van der Waals surface area contributed by atoms with Crippen LogP contribution >= 0.6 is 0 Å². The molecule has 0 atom stereocenters. The molecule has 1 aromatic heterocycles. The van der Waals surface area contributed by atoms with Crippen molar-refractivity contribution in [2.24, 2.45) is 0 Å². The highest BCUT2D eigenvalue weighted by Gasteiger charge is 2.10. The highest BCUT2D eigenvalue weighted by Crippen LogP contribution is 2.19. The van der Waals surface area contributed by atoms with E-state index >= 15 is 0 Å². The van der Waals surface area contributed by atoms with Crippen LogP contribution in [0.25, 0.3) is 0 Å². The van der Waals surface area contributed by atoms with Crippen LogP contribution in [-0.4, -0.2) is 52.5 Å². The van der Waals surface area contributed by atoms with Gasteiger partial charge in [0, 0.05) is 43.7 Å². The molecule has 0 radical (unpaired) electrons. The molecule has 1 aliphatic rings. The molecule has 0 amide bonds. The molecule has 1 N–H and O–H groups in total. The Morgan fingerprint density at radius 2 is 1.91 bits per heavy atom. The Morgan fingerprint density at radius 3 is 2.61 bits per heavy atom. The third-order valence-electron chi connectivity index (χ3n) is 3.75. The number of morpholine rings is 1. The average molecular weight is 317 g/mol. The zero-order chi connectivity index (χ0) is 16.1. The van der Waals surface area contributed by atoms with E-state index in [9.17, 15) is 10.1 Å². The summed E-state index contributed by atoms with van der Waals surface area (Å²) in [5.41, 5.74) is 1.74. The summed E-state index contributed by atoms with van der Waals surface area (Å²) >= 11 is 0. The highest BCUT2D eigenvalue weighted by molar-refractivity contribution is 5.59. The van der Waals surface area contributed by atoms with Crippen LogP contribution in [-0.2, 0) is 11.3 Å². The number of non-ortho nitro benzene ring substituents is 1. The molecule has 8 heteroatoms. The van der Waals surface area contributed by atoms with Crippen LogP contribution in [0, 0.1) is 10.1 Å². The molecule has 122 valence electrons. The topological polar surface area (TPSA) is 85.5 Å². The van der Waals surface area contributed by atoms with Crippen molar-refractivity contribution < 1.29 is 9.66 Å². The number of benzene rings is 1. The lowest BCUT2D eigenvalue weighted by Crippen LogP contribution is -2.38. The number of nitrogens with one attached hydrogen (secondary N) is 1. The first-order chi connectivity index (χ1) is 11.2. The second-order valence-electron chi connectivity index (χ2n) is 5.38. The van der Waals surface area contributed by atoms with Gasteiger partial charge < -0.3 is 10.1 Å². The maximum absolute atomic E-state index is 10.6. The molecule has 3 rings (SSSR count). The lowest BCUT2D eigenvalue weighted by Gasteiger charge is -2.26. The van der Waals surface area contributed by atoms with Crippen molar-refractivity contribution in [1.29, 1.82) is 0 Å². The predicted molar refractivity (Wildman–Crippen MR) is 85.9 cm³/mol. The molecule has 23 heavy (non-hydrogen) atoms. The monoisotopic (exact) mass is 317 g/mol. The normalized spacial score (nSPS) is 15.5. The minimum Gasteiger partial charge on any atom is -0.379 e. The molecule has 1 fully saturated rings. The van der Waals surface area contributed by atoms with Gasteiger partial charge in [0.05, 0.1) is 36.6 Å². The fourth-order valence-corrected chi connectivity index (χ4v) is 2.45. The van der Waals surface area contributed by atoms with Crippen LogP contribution in [0.4, 0.5) is 17.1 Å². The Kier molecular flexibility index (Phi) is 4.84. The van der Waals surface area contributed by atoms with Crippen molar-refractivity contribution in [2.75, 3.05) is 38.2 Å². The van der Waals surface area contributed by atoms with E-state index in [1.807, 2.05) is 10.9 Å². The Labute approximate surface area is 133 Å². The van der Waals surface area contributed by atoms with E-state index in [2.05, 4.69) is 15.3 Å². The molecule has 1 saturated heterocycles. The predicted octanol–water partition coefficient (Wildman–Crippen LogP) is 1.87. The summed E-state index contributed by atoms with van der Waals surface area (Å²) in [4.78, 5) is 12.6. The number of nitro groups is 1. The number of nitrogens with zero attached hydrogens (tertiary/aromatic N) is 4. The summed E-state index contributed by atoms with van der Waals surface area (Å²) < 4.78 is 7.22. The van der Waals surface area contributed by atoms with Crippen molar-refractivity contribution in [2.45, 2.75) is 6.54 Å². The second-order valence-corrected chi connectivity index (χ2v) is 5.38. The molecular weight excluding hydrogens is 298 g/mol. The molecule has 2 aromatic rings. The number of hydrogen-bond donors (Lipinski definition) is 1. The maximum atomic E-state index is 10.6. The van der Waals surface area contributed by atoms with Crippen molar-refractivity contribution in [3.05, 3.63) is 46.8 Å². The molecular formula is C15H19N5O3. The van der Waals surface area contributed by atoms with Gasteiger partial charge in [0.1, 0.15) is 0 Å². The van der Waals surface area contributed by atoms with Crippen LogP contribution in [0.2, 0.25) is 0 Å². The van der Waals surface area contributed by atoms with Gasteiger partial charge in [-0.05, 0) is 12.1 Å². The van der Waals surface area contributed by atoms with Gasteiger partial charge >= 0.3 is 0 Å². The first-order valence-electron chi connectivity index (χ1n) is 7.55. The maximum Gasteiger partial charge on any atom is 0.269 e. The number of rotatable bonds is 6. The number of hydrogen-bond acceptors (Lipinski definition) is 6. The second kappa shape index (κ2) is 7.21. The average Bonchev–Trinajstić information content (AvgIpc) is 3.02. The van der Waals surface area contributed by atoms with Gasteiger partial charge in [0.2, 0.25) is 0 Å². The molecule has 2 heterocycles. The SMILES string of the molecule is O=[N+]([O-])c1ccc(Nc2cnn(CCN3CCOCC3)c2)cc1. The fourth-order valence-electron chi connectivity index (χ4n) is 2.45. The van der Waals surface area contributed by atoms with Gasteiger partial charge in [0.15, 0.2) is 0 Å². The zero-order valence-electron chi connectivity index (χ0n) is 12.7.